The molecule has 2 saturated heterocycles. The summed E-state index contributed by atoms with van der Waals surface area (Å²) in [5.41, 5.74) is 0. The normalized spacial score (nSPS) is 36.2. The molecule has 7 N–H and O–H groups in total. The monoisotopic (exact) mass is 555 g/mol. The molecular weight excluding hydrogens is 526 g/mol. The first-order chi connectivity index (χ1) is 17.7. The predicted octanol–water partition coefficient (Wildman–Crippen LogP) is -2.95. The highest BCUT2D eigenvalue weighted by molar-refractivity contribution is 6.18. The molecule has 0 aromatic carbocycles. The zero-order valence-corrected chi connectivity index (χ0v) is 20.1. The Hall–Kier alpha value is -1.96. The van der Waals surface area contributed by atoms with Crippen molar-refractivity contribution in [3.63, 3.8) is 0 Å². The second-order valence-corrected chi connectivity index (χ2v) is 8.79. The number of urea groups is 1. The van der Waals surface area contributed by atoms with Gasteiger partial charge in [0.05, 0.1) is 37.9 Å². The maximum atomic E-state index is 13.1. The van der Waals surface area contributed by atoms with E-state index in [-0.39, 0.29) is 24.7 Å². The largest absolute Gasteiger partial charge is 0.467 e. The molecule has 2 aliphatic heterocycles. The zero-order valence-electron chi connectivity index (χ0n) is 19.3. The van der Waals surface area contributed by atoms with E-state index in [1.165, 1.54) is 18.4 Å². The summed E-state index contributed by atoms with van der Waals surface area (Å²) < 4.78 is 21.7. The fourth-order valence-corrected chi connectivity index (χ4v) is 4.22. The standard InChI is InChI=1S/C20H30ClN3O13/c21-3-4-24(22-33)20(32)23(6-9-2-1-5-34-9)18-15(30)14(29)17(11(8-26)35-18)37-19-16(31)13(28)12(27)10(7-25)36-19/h1-2,5,10-19,25-31H,3-4,6-8H2/t10-,11-,12-,13+,14-,15-,16-,17-,18?,19-/m1/s1. The topological polar surface area (TPSA) is 235 Å². The molecular formula is C20H30ClN3O13. The summed E-state index contributed by atoms with van der Waals surface area (Å²) in [7, 11) is 0. The summed E-state index contributed by atoms with van der Waals surface area (Å²) in [5.74, 6) is 0.0763. The number of hydrogen-bond donors (Lipinski definition) is 7. The Kier molecular flexibility index (Phi) is 10.6. The second-order valence-electron chi connectivity index (χ2n) is 8.41. The van der Waals surface area contributed by atoms with E-state index >= 15 is 0 Å². The van der Waals surface area contributed by atoms with Crippen LogP contribution in [0, 0.1) is 4.91 Å². The molecule has 1 unspecified atom stereocenters. The van der Waals surface area contributed by atoms with Gasteiger partial charge in [-0.1, -0.05) is 0 Å². The number of hydrogen-bond acceptors (Lipinski definition) is 14. The molecule has 2 fully saturated rings. The van der Waals surface area contributed by atoms with Crippen LogP contribution < -0.4 is 0 Å². The van der Waals surface area contributed by atoms with Crippen molar-refractivity contribution in [3.05, 3.63) is 29.1 Å². The van der Waals surface area contributed by atoms with Crippen LogP contribution in [0.5, 0.6) is 0 Å². The minimum absolute atomic E-state index is 0.142. The SMILES string of the molecule is O=NN(CCCl)C(=O)N(Cc1ccco1)C1O[C@H](CO)[C@@H](O[C@H]2O[C@H](CO)[C@@H](O)[C@H](O)[C@H]2O)[C@H](O)[C@H]1O. The second kappa shape index (κ2) is 13.2. The molecule has 2 aliphatic rings. The molecule has 3 heterocycles. The molecule has 10 atom stereocenters. The summed E-state index contributed by atoms with van der Waals surface area (Å²) in [6.45, 7) is -2.18. The van der Waals surface area contributed by atoms with Crippen LogP contribution in [0.2, 0.25) is 0 Å². The van der Waals surface area contributed by atoms with Gasteiger partial charge in [-0.25, -0.2) is 4.79 Å². The zero-order chi connectivity index (χ0) is 27.3. The highest BCUT2D eigenvalue weighted by atomic mass is 35.5. The Morgan fingerprint density at radius 1 is 1.00 bits per heavy atom. The van der Waals surface area contributed by atoms with Crippen molar-refractivity contribution in [2.24, 2.45) is 5.29 Å². The van der Waals surface area contributed by atoms with E-state index in [2.05, 4.69) is 5.29 Å². The van der Waals surface area contributed by atoms with Crippen molar-refractivity contribution >= 4 is 17.6 Å². The molecule has 37 heavy (non-hydrogen) atoms. The average Bonchev–Trinajstić information content (AvgIpc) is 3.42. The fourth-order valence-electron chi connectivity index (χ4n) is 4.06. The number of carbonyl (C=O) groups excluding carboxylic acids is 1. The van der Waals surface area contributed by atoms with E-state index in [0.29, 0.717) is 5.01 Å². The van der Waals surface area contributed by atoms with E-state index in [4.69, 9.17) is 30.2 Å². The maximum Gasteiger partial charge on any atom is 0.345 e. The minimum atomic E-state index is -1.90. The van der Waals surface area contributed by atoms with Gasteiger partial charge >= 0.3 is 6.03 Å². The van der Waals surface area contributed by atoms with Gasteiger partial charge in [0.15, 0.2) is 12.5 Å². The third-order valence-corrected chi connectivity index (χ3v) is 6.22. The van der Waals surface area contributed by atoms with Gasteiger partial charge in [-0.15, -0.1) is 16.5 Å². The number of aliphatic hydroxyl groups excluding tert-OH is 7. The molecule has 0 spiro atoms. The molecule has 1 aromatic rings. The van der Waals surface area contributed by atoms with Gasteiger partial charge in [0, 0.05) is 5.88 Å². The Morgan fingerprint density at radius 2 is 1.70 bits per heavy atom. The van der Waals surface area contributed by atoms with E-state index in [1.54, 1.807) is 0 Å². The lowest BCUT2D eigenvalue weighted by Gasteiger charge is -2.48. The number of ether oxygens (including phenoxy) is 3. The van der Waals surface area contributed by atoms with Gasteiger partial charge in [0.1, 0.15) is 54.6 Å². The van der Waals surface area contributed by atoms with Gasteiger partial charge < -0.3 is 54.4 Å². The summed E-state index contributed by atoms with van der Waals surface area (Å²) >= 11 is 5.63. The lowest BCUT2D eigenvalue weighted by Crippen LogP contribution is -2.67. The van der Waals surface area contributed by atoms with E-state index in [1.807, 2.05) is 0 Å². The first-order valence-electron chi connectivity index (χ1n) is 11.3. The lowest BCUT2D eigenvalue weighted by molar-refractivity contribution is -0.347. The van der Waals surface area contributed by atoms with Gasteiger partial charge in [-0.05, 0) is 12.1 Å². The Balaban J connectivity index is 1.84. The summed E-state index contributed by atoms with van der Waals surface area (Å²) in [4.78, 5) is 25.2. The summed E-state index contributed by atoms with van der Waals surface area (Å²) in [6, 6.07) is 1.98. The van der Waals surface area contributed by atoms with Crippen molar-refractivity contribution in [3.8, 4) is 0 Å². The Labute approximate surface area is 215 Å². The molecule has 17 heteroatoms. The van der Waals surface area contributed by atoms with Crippen LogP contribution >= 0.6 is 11.6 Å². The van der Waals surface area contributed by atoms with Gasteiger partial charge in [0.25, 0.3) is 0 Å². The van der Waals surface area contributed by atoms with E-state index < -0.39 is 80.6 Å². The van der Waals surface area contributed by atoms with Crippen molar-refractivity contribution < 1.29 is 59.2 Å². The van der Waals surface area contributed by atoms with Crippen LogP contribution in [0.15, 0.2) is 28.1 Å². The first-order valence-corrected chi connectivity index (χ1v) is 11.8. The molecule has 0 bridgehead atoms. The minimum Gasteiger partial charge on any atom is -0.467 e. The molecule has 1 aromatic heterocycles. The van der Waals surface area contributed by atoms with Gasteiger partial charge in [-0.2, -0.15) is 5.01 Å². The van der Waals surface area contributed by atoms with Crippen LogP contribution in [-0.2, 0) is 20.8 Å². The van der Waals surface area contributed by atoms with Gasteiger partial charge in [-0.3, -0.25) is 4.90 Å². The molecule has 0 saturated carbocycles. The number of nitrogens with zero attached hydrogens (tertiary/aromatic N) is 3. The fraction of sp³-hybridized carbons (Fsp3) is 0.750. The third-order valence-electron chi connectivity index (χ3n) is 6.05. The number of aliphatic hydroxyl groups is 7. The van der Waals surface area contributed by atoms with Gasteiger partial charge in [0.2, 0.25) is 0 Å². The molecule has 3 rings (SSSR count). The lowest BCUT2D eigenvalue weighted by atomic mass is 9.96. The molecule has 0 radical (unpaired) electrons. The Bertz CT molecular complexity index is 863. The number of amides is 2. The van der Waals surface area contributed by atoms with Crippen molar-refractivity contribution in [2.45, 2.75) is 67.9 Å². The Morgan fingerprint density at radius 3 is 2.27 bits per heavy atom. The molecule has 16 nitrogen and oxygen atoms in total. The number of furan rings is 1. The summed E-state index contributed by atoms with van der Waals surface area (Å²) in [6.07, 6.45) is -15.4. The maximum absolute atomic E-state index is 13.1. The van der Waals surface area contributed by atoms with E-state index in [9.17, 15) is 45.4 Å². The smallest absolute Gasteiger partial charge is 0.345 e. The highest BCUT2D eigenvalue weighted by Crippen LogP contribution is 2.31. The number of rotatable bonds is 10. The first kappa shape index (κ1) is 29.6. The van der Waals surface area contributed by atoms with Crippen LogP contribution in [-0.4, -0.2) is 139 Å². The highest BCUT2D eigenvalue weighted by Gasteiger charge is 2.52. The van der Waals surface area contributed by atoms with Crippen molar-refractivity contribution in [2.75, 3.05) is 25.6 Å². The van der Waals surface area contributed by atoms with Crippen LogP contribution in [0.4, 0.5) is 4.79 Å². The van der Waals surface area contributed by atoms with Crippen LogP contribution in [0.3, 0.4) is 0 Å². The predicted molar refractivity (Wildman–Crippen MR) is 119 cm³/mol. The van der Waals surface area contributed by atoms with Crippen LogP contribution in [0.25, 0.3) is 0 Å². The molecule has 2 amide bonds. The number of carbonyl (C=O) groups is 1. The molecule has 0 aliphatic carbocycles. The molecule has 210 valence electrons. The van der Waals surface area contributed by atoms with Crippen LogP contribution in [0.1, 0.15) is 5.76 Å². The third kappa shape index (κ3) is 6.37. The van der Waals surface area contributed by atoms with E-state index in [0.717, 1.165) is 4.90 Å². The summed E-state index contributed by atoms with van der Waals surface area (Å²) in [5, 5.41) is 74.4. The number of nitroso groups, excluding NO2 is 1. The average molecular weight is 556 g/mol. The van der Waals surface area contributed by atoms with Crippen molar-refractivity contribution in [1.82, 2.24) is 9.91 Å². The van der Waals surface area contributed by atoms with Crippen molar-refractivity contribution in [1.29, 1.82) is 0 Å². The number of alkyl halides is 1. The quantitative estimate of drug-likeness (QED) is 0.0869. The number of halogens is 1.